The highest BCUT2D eigenvalue weighted by atomic mass is 31.2. The van der Waals surface area contributed by atoms with Gasteiger partial charge in [-0.3, -0.25) is 32.5 Å². The molecule has 22 heteroatoms. The number of phosphoric ester groups is 2. The van der Waals surface area contributed by atoms with Crippen molar-refractivity contribution in [1.82, 2.24) is 29.1 Å². The fourth-order valence-electron chi connectivity index (χ4n) is 4.70. The number of aryl methyl sites for hydroxylation is 1. The first-order chi connectivity index (χ1) is 19.7. The molecule has 3 aromatic heterocycles. The van der Waals surface area contributed by atoms with E-state index in [1.54, 1.807) is 0 Å². The third-order valence-electron chi connectivity index (χ3n) is 6.64. The van der Waals surface area contributed by atoms with Crippen LogP contribution in [0, 0.1) is 6.92 Å². The Hall–Kier alpha value is -2.87. The van der Waals surface area contributed by atoms with Gasteiger partial charge in [0.05, 0.1) is 19.5 Å². The summed E-state index contributed by atoms with van der Waals surface area (Å²) in [5.74, 6) is 0.0917. The lowest BCUT2D eigenvalue weighted by Crippen LogP contribution is -2.33. The second-order valence-corrected chi connectivity index (χ2v) is 12.1. The third kappa shape index (κ3) is 6.53. The number of ether oxygens (including phenoxy) is 2. The average molecular weight is 635 g/mol. The quantitative estimate of drug-likeness (QED) is 0.143. The van der Waals surface area contributed by atoms with E-state index in [0.29, 0.717) is 0 Å². The maximum absolute atomic E-state index is 13.1. The Labute approximate surface area is 234 Å². The van der Waals surface area contributed by atoms with Gasteiger partial charge in [0.15, 0.2) is 11.5 Å². The fraction of sp³-hybridized carbons (Fsp3) is 0.550. The molecule has 230 valence electrons. The van der Waals surface area contributed by atoms with Gasteiger partial charge in [0, 0.05) is 24.6 Å². The smallest absolute Gasteiger partial charge is 0.394 e. The van der Waals surface area contributed by atoms with Crippen LogP contribution in [0.15, 0.2) is 28.4 Å². The van der Waals surface area contributed by atoms with Crippen LogP contribution in [0.5, 0.6) is 0 Å². The Morgan fingerprint density at radius 1 is 1.05 bits per heavy atom. The summed E-state index contributed by atoms with van der Waals surface area (Å²) in [6.07, 6.45) is -3.51. The van der Waals surface area contributed by atoms with E-state index in [1.165, 1.54) is 30.3 Å². The number of hydrogen-bond acceptors (Lipinski definition) is 14. The van der Waals surface area contributed by atoms with Gasteiger partial charge in [0.2, 0.25) is 0 Å². The number of aliphatic hydroxyl groups excluding tert-OH is 1. The lowest BCUT2D eigenvalue weighted by molar-refractivity contribution is -0.0554. The molecule has 5 rings (SSSR count). The van der Waals surface area contributed by atoms with Crippen LogP contribution < -0.4 is 17.0 Å². The van der Waals surface area contributed by atoms with Gasteiger partial charge in [-0.25, -0.2) is 28.9 Å². The van der Waals surface area contributed by atoms with Crippen molar-refractivity contribution in [2.24, 2.45) is 0 Å². The maximum atomic E-state index is 13.1. The molecule has 7 atom stereocenters. The third-order valence-corrected chi connectivity index (χ3v) is 8.20. The van der Waals surface area contributed by atoms with Gasteiger partial charge < -0.3 is 35.0 Å². The van der Waals surface area contributed by atoms with Crippen LogP contribution in [-0.4, -0.2) is 86.5 Å². The van der Waals surface area contributed by atoms with Gasteiger partial charge in [-0.05, 0) is 6.92 Å². The Morgan fingerprint density at radius 2 is 1.69 bits per heavy atom. The standard InChI is InChI=1S/C20H27N7O13P2/c1-9-4-26(20(30)25-19(9)29)14-2-10(12(5-28)37-14)39-42(34,35)40-11-3-15(38-13(11)6-36-41(31,32)33)27-8-24-16-17(21)22-7-23-18(16)27/h4,7-8,10-15,28H,2-3,5-6H2,1H3,(H,34,35)(H2,21,22,23)(H,25,29,30)(H2,31,32,33)/t10-,11+,12?,13+,14-,15+/m0/s1. The summed E-state index contributed by atoms with van der Waals surface area (Å²) in [5, 5.41) is 9.78. The molecule has 2 aliphatic rings. The highest BCUT2D eigenvalue weighted by Crippen LogP contribution is 2.52. The van der Waals surface area contributed by atoms with Crippen molar-refractivity contribution in [2.45, 2.75) is 56.6 Å². The fourth-order valence-corrected chi connectivity index (χ4v) is 6.22. The number of nitrogens with one attached hydrogen (secondary N) is 1. The molecule has 0 bridgehead atoms. The summed E-state index contributed by atoms with van der Waals surface area (Å²) in [6.45, 7) is 0.0941. The zero-order valence-corrected chi connectivity index (χ0v) is 23.5. The molecule has 0 saturated carbocycles. The van der Waals surface area contributed by atoms with Crippen LogP contribution in [0.2, 0.25) is 0 Å². The Morgan fingerprint density at radius 3 is 2.36 bits per heavy atom. The van der Waals surface area contributed by atoms with E-state index in [4.69, 9.17) is 24.3 Å². The average Bonchev–Trinajstić information content (AvgIpc) is 3.61. The number of imidazole rings is 1. The zero-order valence-electron chi connectivity index (χ0n) is 21.7. The molecular weight excluding hydrogens is 608 g/mol. The molecule has 0 aliphatic carbocycles. The molecule has 7 N–H and O–H groups in total. The zero-order chi connectivity index (χ0) is 30.4. The predicted molar refractivity (Wildman–Crippen MR) is 138 cm³/mol. The van der Waals surface area contributed by atoms with E-state index in [-0.39, 0.29) is 35.4 Å². The number of nitrogens with two attached hydrogens (primary N) is 1. The number of nitrogen functional groups attached to an aromatic ring is 1. The first-order valence-electron chi connectivity index (χ1n) is 12.3. The molecule has 2 unspecified atom stereocenters. The Balaban J connectivity index is 1.33. The lowest BCUT2D eigenvalue weighted by Gasteiger charge is -2.24. The number of aliphatic hydroxyl groups is 1. The molecular formula is C20H27N7O13P2. The van der Waals surface area contributed by atoms with Crippen molar-refractivity contribution in [1.29, 1.82) is 0 Å². The molecule has 0 amide bonds. The summed E-state index contributed by atoms with van der Waals surface area (Å²) in [7, 11) is -9.94. The van der Waals surface area contributed by atoms with Crippen molar-refractivity contribution in [3.05, 3.63) is 45.3 Å². The highest BCUT2D eigenvalue weighted by Gasteiger charge is 2.46. The van der Waals surface area contributed by atoms with Crippen molar-refractivity contribution in [2.75, 3.05) is 18.9 Å². The maximum Gasteiger partial charge on any atom is 0.472 e. The number of anilines is 1. The normalized spacial score (nSPS) is 27.9. The Bertz CT molecular complexity index is 1670. The predicted octanol–water partition coefficient (Wildman–Crippen LogP) is -1.19. The molecule has 42 heavy (non-hydrogen) atoms. The number of aromatic nitrogens is 6. The molecule has 0 aromatic carbocycles. The van der Waals surface area contributed by atoms with E-state index in [2.05, 4.69) is 24.5 Å². The van der Waals surface area contributed by atoms with E-state index < -0.39 is 77.0 Å². The van der Waals surface area contributed by atoms with E-state index >= 15 is 0 Å². The number of phosphoric acid groups is 2. The van der Waals surface area contributed by atoms with E-state index in [1.807, 2.05) is 0 Å². The number of hydrogen-bond donors (Lipinski definition) is 6. The second kappa shape index (κ2) is 11.7. The molecule has 0 radical (unpaired) electrons. The van der Waals surface area contributed by atoms with Gasteiger partial charge in [-0.1, -0.05) is 0 Å². The van der Waals surface area contributed by atoms with Crippen LogP contribution in [0.1, 0.15) is 30.9 Å². The van der Waals surface area contributed by atoms with Crippen LogP contribution in [0.3, 0.4) is 0 Å². The number of aromatic amines is 1. The summed E-state index contributed by atoms with van der Waals surface area (Å²) in [6, 6.07) is 0. The largest absolute Gasteiger partial charge is 0.472 e. The lowest BCUT2D eigenvalue weighted by atomic mass is 10.2. The van der Waals surface area contributed by atoms with Crippen molar-refractivity contribution >= 4 is 32.6 Å². The SMILES string of the molecule is Cc1cn([C@@H]2C[C@H](OP(=O)(O)O[C@@H]3C[C@H](n4cnc5c(N)ncnc54)O[C@@H]3COP(=O)(O)O)C(CO)O2)c(=O)[nH]c1=O. The summed E-state index contributed by atoms with van der Waals surface area (Å²) < 4.78 is 53.7. The van der Waals surface area contributed by atoms with Gasteiger partial charge in [-0.15, -0.1) is 0 Å². The first kappa shape index (κ1) is 30.6. The van der Waals surface area contributed by atoms with E-state index in [9.17, 15) is 38.5 Å². The minimum atomic E-state index is -4.99. The molecule has 20 nitrogen and oxygen atoms in total. The topological polar surface area (TPSA) is 286 Å². The number of H-pyrrole nitrogens is 1. The molecule has 2 saturated heterocycles. The van der Waals surface area contributed by atoms with Crippen molar-refractivity contribution < 1.29 is 52.0 Å². The second-order valence-electron chi connectivity index (χ2n) is 9.52. The van der Waals surface area contributed by atoms with Gasteiger partial charge in [-0.2, -0.15) is 0 Å². The van der Waals surface area contributed by atoms with Crippen LogP contribution >= 0.6 is 15.6 Å². The number of fused-ring (bicyclic) bond motifs is 1. The summed E-state index contributed by atoms with van der Waals surface area (Å²) >= 11 is 0. The van der Waals surface area contributed by atoms with Crippen LogP contribution in [0.25, 0.3) is 11.2 Å². The molecule has 3 aromatic rings. The summed E-state index contributed by atoms with van der Waals surface area (Å²) in [4.78, 5) is 67.2. The van der Waals surface area contributed by atoms with Gasteiger partial charge in [0.25, 0.3) is 5.56 Å². The van der Waals surface area contributed by atoms with Gasteiger partial charge in [0.1, 0.15) is 48.7 Å². The molecule has 2 fully saturated rings. The Kier molecular flexibility index (Phi) is 8.49. The number of rotatable bonds is 10. The van der Waals surface area contributed by atoms with Crippen molar-refractivity contribution in [3.63, 3.8) is 0 Å². The number of nitrogens with zero attached hydrogens (tertiary/aromatic N) is 5. The molecule has 0 spiro atoms. The minimum absolute atomic E-state index is 0.0917. The van der Waals surface area contributed by atoms with Crippen LogP contribution in [0.4, 0.5) is 5.82 Å². The van der Waals surface area contributed by atoms with Gasteiger partial charge >= 0.3 is 21.3 Å². The van der Waals surface area contributed by atoms with Crippen molar-refractivity contribution in [3.8, 4) is 0 Å². The van der Waals surface area contributed by atoms with E-state index in [0.717, 1.165) is 4.57 Å². The first-order valence-corrected chi connectivity index (χ1v) is 15.3. The summed E-state index contributed by atoms with van der Waals surface area (Å²) in [5.41, 5.74) is 5.16. The minimum Gasteiger partial charge on any atom is -0.394 e. The highest BCUT2D eigenvalue weighted by molar-refractivity contribution is 7.47. The molecule has 2 aliphatic heterocycles. The monoisotopic (exact) mass is 635 g/mol. The van der Waals surface area contributed by atoms with Crippen LogP contribution in [-0.2, 0) is 32.2 Å². The molecule has 5 heterocycles.